The zero-order valence-corrected chi connectivity index (χ0v) is 19.1. The Morgan fingerprint density at radius 3 is 2.85 bits per heavy atom. The molecule has 0 saturated heterocycles. The summed E-state index contributed by atoms with van der Waals surface area (Å²) in [4.78, 5) is 15.5. The van der Waals surface area contributed by atoms with Crippen LogP contribution in [-0.2, 0) is 11.2 Å². The summed E-state index contributed by atoms with van der Waals surface area (Å²) in [6, 6.07) is 12.2. The van der Waals surface area contributed by atoms with E-state index in [0.717, 1.165) is 41.0 Å². The van der Waals surface area contributed by atoms with E-state index in [1.54, 1.807) is 7.11 Å². The standard InChI is InChI=1S/C27H27NO5/c1-15-13-28-27(31-3)16(2)26(15)22-6-4-5-21-20(22)9-10-23(21)33-18-7-8-19-17(11-25(29)30)14-32-24(19)12-18/h4-8,12-13,17,23H,9-11,14H2,1-3H3,(H,29,30). The van der Waals surface area contributed by atoms with Crippen molar-refractivity contribution >= 4 is 5.97 Å². The number of methoxy groups -OCH3 is 1. The molecular weight excluding hydrogens is 418 g/mol. The zero-order valence-electron chi connectivity index (χ0n) is 19.1. The Morgan fingerprint density at radius 1 is 1.21 bits per heavy atom. The molecule has 170 valence electrons. The van der Waals surface area contributed by atoms with Crippen LogP contribution in [0.1, 0.15) is 52.7 Å². The van der Waals surface area contributed by atoms with Crippen LogP contribution < -0.4 is 14.2 Å². The Hall–Kier alpha value is -3.54. The molecule has 1 aliphatic heterocycles. The van der Waals surface area contributed by atoms with Crippen molar-refractivity contribution in [2.45, 2.75) is 45.1 Å². The first kappa shape index (κ1) is 21.3. The molecule has 5 rings (SSSR count). The minimum Gasteiger partial charge on any atom is -0.492 e. The number of carboxylic acids is 1. The van der Waals surface area contributed by atoms with Crippen LogP contribution in [-0.4, -0.2) is 29.8 Å². The monoisotopic (exact) mass is 445 g/mol. The molecule has 1 aromatic heterocycles. The van der Waals surface area contributed by atoms with Gasteiger partial charge in [-0.05, 0) is 60.6 Å². The lowest BCUT2D eigenvalue weighted by Crippen LogP contribution is -2.07. The highest BCUT2D eigenvalue weighted by Crippen LogP contribution is 2.44. The van der Waals surface area contributed by atoms with E-state index in [2.05, 4.69) is 37.0 Å². The van der Waals surface area contributed by atoms with Crippen LogP contribution in [0.5, 0.6) is 17.4 Å². The molecule has 0 fully saturated rings. The molecule has 2 unspecified atom stereocenters. The van der Waals surface area contributed by atoms with Gasteiger partial charge in [-0.3, -0.25) is 4.79 Å². The minimum atomic E-state index is -0.813. The summed E-state index contributed by atoms with van der Waals surface area (Å²) < 4.78 is 17.6. The van der Waals surface area contributed by atoms with Gasteiger partial charge in [-0.15, -0.1) is 0 Å². The lowest BCUT2D eigenvalue weighted by atomic mass is 9.92. The number of fused-ring (bicyclic) bond motifs is 2. The maximum Gasteiger partial charge on any atom is 0.304 e. The van der Waals surface area contributed by atoms with Gasteiger partial charge in [0.2, 0.25) is 5.88 Å². The molecule has 0 radical (unpaired) electrons. The molecule has 33 heavy (non-hydrogen) atoms. The summed E-state index contributed by atoms with van der Waals surface area (Å²) in [7, 11) is 1.65. The van der Waals surface area contributed by atoms with E-state index >= 15 is 0 Å². The number of rotatable bonds is 6. The smallest absolute Gasteiger partial charge is 0.304 e. The highest BCUT2D eigenvalue weighted by Gasteiger charge is 2.30. The number of aryl methyl sites for hydroxylation is 1. The van der Waals surface area contributed by atoms with Gasteiger partial charge in [0.25, 0.3) is 0 Å². The molecule has 2 aromatic carbocycles. The number of aliphatic carboxylic acids is 1. The van der Waals surface area contributed by atoms with Gasteiger partial charge in [-0.25, -0.2) is 4.98 Å². The zero-order chi connectivity index (χ0) is 23.1. The summed E-state index contributed by atoms with van der Waals surface area (Å²) >= 11 is 0. The van der Waals surface area contributed by atoms with Crippen molar-refractivity contribution in [1.82, 2.24) is 4.98 Å². The van der Waals surface area contributed by atoms with E-state index in [1.165, 1.54) is 22.3 Å². The minimum absolute atomic E-state index is 0.0430. The van der Waals surface area contributed by atoms with Crippen LogP contribution in [0.15, 0.2) is 42.6 Å². The lowest BCUT2D eigenvalue weighted by molar-refractivity contribution is -0.137. The van der Waals surface area contributed by atoms with Crippen molar-refractivity contribution < 1.29 is 24.1 Å². The average molecular weight is 446 g/mol. The molecule has 1 N–H and O–H groups in total. The van der Waals surface area contributed by atoms with E-state index < -0.39 is 5.97 Å². The molecule has 3 aromatic rings. The molecule has 1 aliphatic carbocycles. The summed E-state index contributed by atoms with van der Waals surface area (Å²) in [6.45, 7) is 4.53. The number of nitrogens with zero attached hydrogens (tertiary/aromatic N) is 1. The SMILES string of the molecule is COc1ncc(C)c(-c2cccc3c2CCC3Oc2ccc3c(c2)OCC3CC(=O)O)c1C. The molecule has 6 nitrogen and oxygen atoms in total. The van der Waals surface area contributed by atoms with E-state index in [4.69, 9.17) is 19.3 Å². The summed E-state index contributed by atoms with van der Waals surface area (Å²) in [5.41, 5.74) is 8.00. The third kappa shape index (κ3) is 3.80. The number of benzene rings is 2. The van der Waals surface area contributed by atoms with Gasteiger partial charge in [-0.1, -0.05) is 24.3 Å². The molecule has 0 spiro atoms. The van der Waals surface area contributed by atoms with Gasteiger partial charge in [0, 0.05) is 29.3 Å². The number of carboxylic acid groups (broad SMARTS) is 1. The second-order valence-corrected chi connectivity index (χ2v) is 8.77. The second kappa shape index (κ2) is 8.43. The molecule has 2 heterocycles. The number of aromatic nitrogens is 1. The quantitative estimate of drug-likeness (QED) is 0.548. The number of hydrogen-bond donors (Lipinski definition) is 1. The number of carbonyl (C=O) groups is 1. The first-order valence-electron chi connectivity index (χ1n) is 11.2. The van der Waals surface area contributed by atoms with Crippen LogP contribution in [0.25, 0.3) is 11.1 Å². The first-order valence-corrected chi connectivity index (χ1v) is 11.2. The van der Waals surface area contributed by atoms with Crippen LogP contribution >= 0.6 is 0 Å². The Morgan fingerprint density at radius 2 is 2.06 bits per heavy atom. The maximum atomic E-state index is 11.1. The summed E-state index contributed by atoms with van der Waals surface area (Å²) in [5, 5.41) is 9.11. The van der Waals surface area contributed by atoms with Crippen molar-refractivity contribution in [1.29, 1.82) is 0 Å². The molecule has 0 amide bonds. The van der Waals surface area contributed by atoms with Crippen molar-refractivity contribution in [2.24, 2.45) is 0 Å². The van der Waals surface area contributed by atoms with Gasteiger partial charge in [0.05, 0.1) is 20.1 Å². The van der Waals surface area contributed by atoms with Gasteiger partial charge in [-0.2, -0.15) is 0 Å². The largest absolute Gasteiger partial charge is 0.492 e. The Balaban J connectivity index is 1.43. The second-order valence-electron chi connectivity index (χ2n) is 8.77. The normalized spacial score (nSPS) is 18.4. The fraction of sp³-hybridized carbons (Fsp3) is 0.333. The van der Waals surface area contributed by atoms with E-state index in [-0.39, 0.29) is 18.4 Å². The van der Waals surface area contributed by atoms with E-state index in [1.807, 2.05) is 24.4 Å². The van der Waals surface area contributed by atoms with Crippen molar-refractivity contribution in [3.8, 4) is 28.5 Å². The van der Waals surface area contributed by atoms with Gasteiger partial charge < -0.3 is 19.3 Å². The topological polar surface area (TPSA) is 77.9 Å². The molecule has 0 bridgehead atoms. The van der Waals surface area contributed by atoms with Crippen LogP contribution in [0.2, 0.25) is 0 Å². The summed E-state index contributed by atoms with van der Waals surface area (Å²) in [6.07, 6.45) is 3.73. The first-order chi connectivity index (χ1) is 16.0. The highest BCUT2D eigenvalue weighted by atomic mass is 16.5. The van der Waals surface area contributed by atoms with Gasteiger partial charge in [0.15, 0.2) is 0 Å². The molecule has 2 aliphatic rings. The molecule has 0 saturated carbocycles. The fourth-order valence-electron chi connectivity index (χ4n) is 5.19. The Labute approximate surface area is 193 Å². The third-order valence-electron chi connectivity index (χ3n) is 6.71. The predicted octanol–water partition coefficient (Wildman–Crippen LogP) is 5.39. The number of pyridine rings is 1. The van der Waals surface area contributed by atoms with Crippen LogP contribution in [0.3, 0.4) is 0 Å². The fourth-order valence-corrected chi connectivity index (χ4v) is 5.19. The van der Waals surface area contributed by atoms with Crippen LogP contribution in [0.4, 0.5) is 0 Å². The lowest BCUT2D eigenvalue weighted by Gasteiger charge is -2.18. The third-order valence-corrected chi connectivity index (χ3v) is 6.71. The summed E-state index contributed by atoms with van der Waals surface area (Å²) in [5.74, 6) is 1.20. The number of hydrogen-bond acceptors (Lipinski definition) is 5. The van der Waals surface area contributed by atoms with E-state index in [9.17, 15) is 4.79 Å². The van der Waals surface area contributed by atoms with Gasteiger partial charge >= 0.3 is 5.97 Å². The Bertz CT molecular complexity index is 1240. The van der Waals surface area contributed by atoms with Crippen molar-refractivity contribution in [3.05, 3.63) is 70.4 Å². The van der Waals surface area contributed by atoms with E-state index in [0.29, 0.717) is 12.5 Å². The van der Waals surface area contributed by atoms with Gasteiger partial charge in [0.1, 0.15) is 17.6 Å². The highest BCUT2D eigenvalue weighted by molar-refractivity contribution is 5.76. The van der Waals surface area contributed by atoms with Crippen molar-refractivity contribution in [2.75, 3.05) is 13.7 Å². The molecule has 2 atom stereocenters. The van der Waals surface area contributed by atoms with Crippen LogP contribution in [0, 0.1) is 13.8 Å². The Kier molecular flexibility index (Phi) is 5.44. The number of ether oxygens (including phenoxy) is 3. The van der Waals surface area contributed by atoms with Crippen molar-refractivity contribution in [3.63, 3.8) is 0 Å². The molecule has 6 heteroatoms. The predicted molar refractivity (Wildman–Crippen MR) is 124 cm³/mol. The molecular formula is C27H27NO5. The maximum absolute atomic E-state index is 11.1. The average Bonchev–Trinajstić information content (AvgIpc) is 3.38.